The average molecular weight is 514 g/mol. The number of hydrogen-bond donors (Lipinski definition) is 2. The van der Waals surface area contributed by atoms with Gasteiger partial charge in [0.25, 0.3) is 5.91 Å². The van der Waals surface area contributed by atoms with Crippen molar-refractivity contribution in [1.82, 2.24) is 24.7 Å². The number of nitrogens with one attached hydrogen (secondary N) is 2. The van der Waals surface area contributed by atoms with Crippen molar-refractivity contribution < 1.29 is 4.79 Å². The first-order chi connectivity index (χ1) is 18.6. The van der Waals surface area contributed by atoms with Crippen LogP contribution in [0, 0.1) is 11.3 Å². The summed E-state index contributed by atoms with van der Waals surface area (Å²) in [5.41, 5.74) is 4.21. The van der Waals surface area contributed by atoms with Gasteiger partial charge in [0.15, 0.2) is 0 Å². The number of carbonyl (C=O) groups is 1. The van der Waals surface area contributed by atoms with Crippen LogP contribution < -0.4 is 10.6 Å². The van der Waals surface area contributed by atoms with Crippen LogP contribution in [-0.4, -0.2) is 71.1 Å². The van der Waals surface area contributed by atoms with Crippen LogP contribution in [0.15, 0.2) is 42.5 Å². The number of amides is 1. The van der Waals surface area contributed by atoms with Crippen LogP contribution in [0.25, 0.3) is 11.0 Å². The van der Waals surface area contributed by atoms with Crippen molar-refractivity contribution in [3.8, 4) is 6.07 Å². The van der Waals surface area contributed by atoms with Gasteiger partial charge < -0.3 is 19.7 Å². The minimum absolute atomic E-state index is 0.218. The highest BCUT2D eigenvalue weighted by molar-refractivity contribution is 6.04. The molecule has 0 spiro atoms. The van der Waals surface area contributed by atoms with Crippen LogP contribution in [0.3, 0.4) is 0 Å². The number of aromatic nitrogens is 2. The molecule has 1 aromatic heterocycles. The van der Waals surface area contributed by atoms with Gasteiger partial charge in [0.05, 0.1) is 22.7 Å². The Morgan fingerprint density at radius 3 is 2.53 bits per heavy atom. The SMILES string of the molecule is CN1CCN(CCCn2c(NC(=O)c3ccc(C#N)cc3)nc3cc(CNC4CCCCC4)ccc32)CC1. The molecule has 1 aliphatic carbocycles. The summed E-state index contributed by atoms with van der Waals surface area (Å²) in [6, 6.07) is 15.9. The Morgan fingerprint density at radius 1 is 1.03 bits per heavy atom. The van der Waals surface area contributed by atoms with E-state index in [0.717, 1.165) is 63.3 Å². The van der Waals surface area contributed by atoms with E-state index in [4.69, 9.17) is 10.2 Å². The number of rotatable bonds is 9. The number of aryl methyl sites for hydroxylation is 1. The number of nitrogens with zero attached hydrogens (tertiary/aromatic N) is 5. The predicted molar refractivity (Wildman–Crippen MR) is 151 cm³/mol. The standard InChI is InChI=1S/C30H39N7O/c1-35-16-18-36(19-17-35)14-5-15-37-28-13-10-24(22-32-26-6-3-2-4-7-26)20-27(28)33-30(37)34-29(38)25-11-8-23(21-31)9-12-25/h8-13,20,26,32H,2-7,14-19,22H2,1H3,(H,33,34,38). The predicted octanol–water partition coefficient (Wildman–Crippen LogP) is 4.22. The number of likely N-dealkylation sites (N-methyl/N-ethyl adjacent to an activating group) is 1. The van der Waals surface area contributed by atoms with E-state index in [1.165, 1.54) is 37.7 Å². The first-order valence-corrected chi connectivity index (χ1v) is 14.0. The van der Waals surface area contributed by atoms with Crippen molar-refractivity contribution in [2.75, 3.05) is 45.1 Å². The van der Waals surface area contributed by atoms with Gasteiger partial charge in [0.1, 0.15) is 0 Å². The topological polar surface area (TPSA) is 89.2 Å². The molecule has 0 atom stereocenters. The quantitative estimate of drug-likeness (QED) is 0.445. The van der Waals surface area contributed by atoms with Gasteiger partial charge in [0.2, 0.25) is 5.95 Å². The second-order valence-electron chi connectivity index (χ2n) is 10.8. The fourth-order valence-electron chi connectivity index (χ4n) is 5.57. The third kappa shape index (κ3) is 6.60. The summed E-state index contributed by atoms with van der Waals surface area (Å²) < 4.78 is 2.14. The fourth-order valence-corrected chi connectivity index (χ4v) is 5.57. The Balaban J connectivity index is 1.32. The van der Waals surface area contributed by atoms with Gasteiger partial charge in [-0.1, -0.05) is 25.3 Å². The summed E-state index contributed by atoms with van der Waals surface area (Å²) >= 11 is 0. The molecule has 2 heterocycles. The Kier molecular flexibility index (Phi) is 8.69. The van der Waals surface area contributed by atoms with E-state index in [0.29, 0.717) is 23.1 Å². The van der Waals surface area contributed by atoms with Crippen molar-refractivity contribution in [2.24, 2.45) is 0 Å². The van der Waals surface area contributed by atoms with Gasteiger partial charge >= 0.3 is 0 Å². The molecule has 0 unspecified atom stereocenters. The van der Waals surface area contributed by atoms with E-state index >= 15 is 0 Å². The second kappa shape index (κ2) is 12.5. The molecule has 1 saturated heterocycles. The molecule has 0 radical (unpaired) electrons. The van der Waals surface area contributed by atoms with Crippen LogP contribution >= 0.6 is 0 Å². The molecule has 38 heavy (non-hydrogen) atoms. The van der Waals surface area contributed by atoms with Crippen molar-refractivity contribution >= 4 is 22.9 Å². The minimum atomic E-state index is -0.218. The van der Waals surface area contributed by atoms with E-state index in [9.17, 15) is 4.79 Å². The molecule has 3 aromatic rings. The highest BCUT2D eigenvalue weighted by Gasteiger charge is 2.18. The Bertz CT molecular complexity index is 1260. The smallest absolute Gasteiger partial charge is 0.257 e. The number of anilines is 1. The van der Waals surface area contributed by atoms with Crippen molar-refractivity contribution in [3.05, 3.63) is 59.2 Å². The maximum atomic E-state index is 13.1. The monoisotopic (exact) mass is 513 g/mol. The maximum Gasteiger partial charge on any atom is 0.257 e. The molecule has 2 aromatic carbocycles. The van der Waals surface area contributed by atoms with Gasteiger partial charge in [-0.3, -0.25) is 10.1 Å². The highest BCUT2D eigenvalue weighted by atomic mass is 16.1. The van der Waals surface area contributed by atoms with Crippen molar-refractivity contribution in [3.63, 3.8) is 0 Å². The van der Waals surface area contributed by atoms with E-state index in [-0.39, 0.29) is 5.91 Å². The molecule has 8 nitrogen and oxygen atoms in total. The third-order valence-electron chi connectivity index (χ3n) is 7.97. The zero-order valence-electron chi connectivity index (χ0n) is 22.5. The molecule has 5 rings (SSSR count). The summed E-state index contributed by atoms with van der Waals surface area (Å²) in [7, 11) is 2.18. The third-order valence-corrected chi connectivity index (χ3v) is 7.97. The van der Waals surface area contributed by atoms with Crippen molar-refractivity contribution in [2.45, 2.75) is 57.7 Å². The lowest BCUT2D eigenvalue weighted by molar-refractivity contribution is 0.102. The number of imidazole rings is 1. The zero-order chi connectivity index (χ0) is 26.3. The van der Waals surface area contributed by atoms with Gasteiger partial charge in [-0.05, 0) is 74.8 Å². The number of hydrogen-bond acceptors (Lipinski definition) is 6. The Hall–Kier alpha value is -3.25. The lowest BCUT2D eigenvalue weighted by atomic mass is 9.95. The number of fused-ring (bicyclic) bond motifs is 1. The molecule has 0 bridgehead atoms. The Morgan fingerprint density at radius 2 is 1.79 bits per heavy atom. The molecule has 1 aliphatic heterocycles. The molecule has 200 valence electrons. The van der Waals surface area contributed by atoms with E-state index in [1.807, 2.05) is 0 Å². The normalized spacial score (nSPS) is 17.5. The molecule has 1 amide bonds. The van der Waals surface area contributed by atoms with Crippen LogP contribution in [0.2, 0.25) is 0 Å². The van der Waals surface area contributed by atoms with Crippen LogP contribution in [-0.2, 0) is 13.1 Å². The lowest BCUT2D eigenvalue weighted by Gasteiger charge is -2.32. The number of benzene rings is 2. The fraction of sp³-hybridized carbons (Fsp3) is 0.500. The molecule has 2 fully saturated rings. The lowest BCUT2D eigenvalue weighted by Crippen LogP contribution is -2.44. The van der Waals surface area contributed by atoms with Gasteiger partial charge in [-0.15, -0.1) is 0 Å². The van der Waals surface area contributed by atoms with E-state index < -0.39 is 0 Å². The zero-order valence-corrected chi connectivity index (χ0v) is 22.5. The van der Waals surface area contributed by atoms with E-state index in [2.05, 4.69) is 56.3 Å². The molecule has 1 saturated carbocycles. The van der Waals surface area contributed by atoms with Crippen molar-refractivity contribution in [1.29, 1.82) is 5.26 Å². The highest BCUT2D eigenvalue weighted by Crippen LogP contribution is 2.24. The second-order valence-corrected chi connectivity index (χ2v) is 10.8. The minimum Gasteiger partial charge on any atom is -0.310 e. The van der Waals surface area contributed by atoms with Crippen LogP contribution in [0.4, 0.5) is 5.95 Å². The number of piperazine rings is 1. The average Bonchev–Trinajstić information content (AvgIpc) is 3.29. The first kappa shape index (κ1) is 26.4. The maximum absolute atomic E-state index is 13.1. The summed E-state index contributed by atoms with van der Waals surface area (Å²) in [6.07, 6.45) is 7.49. The molecule has 2 N–H and O–H groups in total. The molecular formula is C30H39N7O. The first-order valence-electron chi connectivity index (χ1n) is 14.0. The molecule has 2 aliphatic rings. The van der Waals surface area contributed by atoms with E-state index in [1.54, 1.807) is 24.3 Å². The number of carbonyl (C=O) groups excluding carboxylic acids is 1. The summed E-state index contributed by atoms with van der Waals surface area (Å²) in [4.78, 5) is 22.8. The van der Waals surface area contributed by atoms with Crippen LogP contribution in [0.5, 0.6) is 0 Å². The molecule has 8 heteroatoms. The summed E-state index contributed by atoms with van der Waals surface area (Å²) in [5.74, 6) is 0.356. The van der Waals surface area contributed by atoms with Crippen LogP contribution in [0.1, 0.15) is 60.0 Å². The van der Waals surface area contributed by atoms with Gasteiger partial charge in [-0.25, -0.2) is 4.98 Å². The summed E-state index contributed by atoms with van der Waals surface area (Å²) in [6.45, 7) is 7.06. The molecular weight excluding hydrogens is 474 g/mol. The van der Waals surface area contributed by atoms with Gasteiger partial charge in [0, 0.05) is 50.9 Å². The Labute approximate surface area is 225 Å². The summed E-state index contributed by atoms with van der Waals surface area (Å²) in [5, 5.41) is 15.8. The van der Waals surface area contributed by atoms with Gasteiger partial charge in [-0.2, -0.15) is 5.26 Å². The largest absolute Gasteiger partial charge is 0.310 e. The number of nitriles is 1.